The molecule has 4 rings (SSSR count). The number of carbonyl (C=O) groups excluding carboxylic acids is 4. The van der Waals surface area contributed by atoms with E-state index in [9.17, 15) is 23.6 Å². The maximum atomic E-state index is 13.7. The Kier molecular flexibility index (Phi) is 7.90. The summed E-state index contributed by atoms with van der Waals surface area (Å²) in [5, 5.41) is 5.26. The van der Waals surface area contributed by atoms with Crippen molar-refractivity contribution in [3.05, 3.63) is 60.4 Å². The Morgan fingerprint density at radius 3 is 2.35 bits per heavy atom. The minimum absolute atomic E-state index is 0.162. The number of piperidine rings is 1. The van der Waals surface area contributed by atoms with E-state index in [0.29, 0.717) is 31.6 Å². The summed E-state index contributed by atoms with van der Waals surface area (Å²) in [4.78, 5) is 55.7. The number of hydrogen-bond donors (Lipinski definition) is 2. The molecule has 2 N–H and O–H groups in total. The molecule has 0 atom stereocenters. The highest BCUT2D eigenvalue weighted by atomic mass is 19.1. The molecule has 0 aromatic heterocycles. The van der Waals surface area contributed by atoms with E-state index in [1.165, 1.54) is 29.2 Å². The van der Waals surface area contributed by atoms with Gasteiger partial charge in [-0.3, -0.25) is 14.4 Å². The van der Waals surface area contributed by atoms with Crippen molar-refractivity contribution in [3.8, 4) is 0 Å². The average molecular weight is 512 g/mol. The normalized spacial score (nSPS) is 16.6. The van der Waals surface area contributed by atoms with Crippen molar-refractivity contribution in [1.82, 2.24) is 15.1 Å². The van der Waals surface area contributed by atoms with E-state index in [0.717, 1.165) is 5.69 Å². The highest BCUT2D eigenvalue weighted by Gasteiger charge is 2.54. The minimum atomic E-state index is -0.907. The number of benzene rings is 2. The van der Waals surface area contributed by atoms with Gasteiger partial charge in [0.1, 0.15) is 24.4 Å². The van der Waals surface area contributed by atoms with Gasteiger partial charge in [-0.25, -0.2) is 9.18 Å². The van der Waals surface area contributed by atoms with Crippen LogP contribution >= 0.6 is 0 Å². The number of para-hydroxylation sites is 1. The number of esters is 1. The Morgan fingerprint density at radius 1 is 1.03 bits per heavy atom. The lowest BCUT2D eigenvalue weighted by Gasteiger charge is -2.43. The van der Waals surface area contributed by atoms with Crippen LogP contribution in [0.1, 0.15) is 19.8 Å². The molecule has 0 bridgehead atoms. The molecule has 4 amide bonds. The van der Waals surface area contributed by atoms with Crippen LogP contribution < -0.4 is 15.5 Å². The zero-order valence-electron chi connectivity index (χ0n) is 20.6. The largest absolute Gasteiger partial charge is 0.465 e. The standard InChI is InChI=1S/C26H30FN5O5/c1-2-37-23(34)16-28-25(36)30-14-12-26(13-15-30)24(35)31(18-32(26)21-6-4-3-5-7-21)17-22(33)29-20-10-8-19(27)9-11-20/h3-11H,2,12-18H2,1H3,(H,28,36)(H,29,33). The van der Waals surface area contributed by atoms with Crippen LogP contribution in [0, 0.1) is 5.82 Å². The first-order valence-electron chi connectivity index (χ1n) is 12.2. The second kappa shape index (κ2) is 11.3. The van der Waals surface area contributed by atoms with Crippen molar-refractivity contribution in [2.24, 2.45) is 0 Å². The van der Waals surface area contributed by atoms with Crippen molar-refractivity contribution in [1.29, 1.82) is 0 Å². The predicted octanol–water partition coefficient (Wildman–Crippen LogP) is 2.18. The average Bonchev–Trinajstić information content (AvgIpc) is 3.15. The van der Waals surface area contributed by atoms with Gasteiger partial charge in [0.15, 0.2) is 0 Å². The van der Waals surface area contributed by atoms with Crippen molar-refractivity contribution < 1.29 is 28.3 Å². The van der Waals surface area contributed by atoms with Gasteiger partial charge in [-0.2, -0.15) is 0 Å². The number of anilines is 2. The van der Waals surface area contributed by atoms with E-state index in [4.69, 9.17) is 4.74 Å². The Balaban J connectivity index is 1.45. The van der Waals surface area contributed by atoms with Gasteiger partial charge in [0.25, 0.3) is 5.91 Å². The first-order chi connectivity index (χ1) is 17.8. The second-order valence-corrected chi connectivity index (χ2v) is 8.95. The summed E-state index contributed by atoms with van der Waals surface area (Å²) in [6.45, 7) is 2.37. The number of hydrogen-bond acceptors (Lipinski definition) is 6. The van der Waals surface area contributed by atoms with Crippen LogP contribution in [0.15, 0.2) is 54.6 Å². The third-order valence-corrected chi connectivity index (χ3v) is 6.61. The fraction of sp³-hybridized carbons (Fsp3) is 0.385. The molecule has 10 nitrogen and oxygen atoms in total. The van der Waals surface area contributed by atoms with Crippen molar-refractivity contribution in [2.75, 3.05) is 49.7 Å². The third kappa shape index (κ3) is 5.82. The lowest BCUT2D eigenvalue weighted by molar-refractivity contribution is -0.141. The number of nitrogens with zero attached hydrogens (tertiary/aromatic N) is 3. The van der Waals surface area contributed by atoms with E-state index in [-0.39, 0.29) is 38.2 Å². The van der Waals surface area contributed by atoms with Gasteiger partial charge < -0.3 is 30.1 Å². The first-order valence-corrected chi connectivity index (χ1v) is 12.2. The molecule has 2 saturated heterocycles. The van der Waals surface area contributed by atoms with E-state index in [1.54, 1.807) is 11.8 Å². The Labute approximate surface area is 214 Å². The zero-order chi connectivity index (χ0) is 26.4. The highest BCUT2D eigenvalue weighted by Crippen LogP contribution is 2.39. The van der Waals surface area contributed by atoms with Crippen molar-refractivity contribution in [2.45, 2.75) is 25.3 Å². The van der Waals surface area contributed by atoms with Gasteiger partial charge in [-0.15, -0.1) is 0 Å². The summed E-state index contributed by atoms with van der Waals surface area (Å²) >= 11 is 0. The summed E-state index contributed by atoms with van der Waals surface area (Å²) < 4.78 is 18.0. The minimum Gasteiger partial charge on any atom is -0.465 e. The highest BCUT2D eigenvalue weighted by molar-refractivity contribution is 5.99. The molecular weight excluding hydrogens is 481 g/mol. The number of likely N-dealkylation sites (tertiary alicyclic amines) is 1. The molecule has 2 fully saturated rings. The van der Waals surface area contributed by atoms with E-state index >= 15 is 0 Å². The molecule has 2 aliphatic heterocycles. The van der Waals surface area contributed by atoms with Crippen LogP contribution in [0.25, 0.3) is 0 Å². The number of urea groups is 1. The Hall–Kier alpha value is -4.15. The molecule has 0 radical (unpaired) electrons. The van der Waals surface area contributed by atoms with Crippen LogP contribution in [-0.2, 0) is 19.1 Å². The fourth-order valence-electron chi connectivity index (χ4n) is 4.78. The molecule has 2 aliphatic rings. The van der Waals surface area contributed by atoms with Crippen LogP contribution in [-0.4, -0.2) is 78.6 Å². The molecule has 196 valence electrons. The number of amides is 4. The Morgan fingerprint density at radius 2 is 1.70 bits per heavy atom. The first kappa shape index (κ1) is 25.9. The molecule has 0 unspecified atom stereocenters. The lowest BCUT2D eigenvalue weighted by atomic mass is 9.85. The monoisotopic (exact) mass is 511 g/mol. The molecule has 11 heteroatoms. The Bertz CT molecular complexity index is 1140. The third-order valence-electron chi connectivity index (χ3n) is 6.61. The number of nitrogens with one attached hydrogen (secondary N) is 2. The lowest BCUT2D eigenvalue weighted by Crippen LogP contribution is -2.58. The van der Waals surface area contributed by atoms with Gasteiger partial charge >= 0.3 is 12.0 Å². The van der Waals surface area contributed by atoms with Gasteiger partial charge in [0.2, 0.25) is 5.91 Å². The van der Waals surface area contributed by atoms with E-state index < -0.39 is 23.4 Å². The maximum Gasteiger partial charge on any atom is 0.325 e. The smallest absolute Gasteiger partial charge is 0.325 e. The molecule has 1 spiro atoms. The van der Waals surface area contributed by atoms with Crippen molar-refractivity contribution >= 4 is 35.2 Å². The fourth-order valence-corrected chi connectivity index (χ4v) is 4.78. The topological polar surface area (TPSA) is 111 Å². The number of carbonyl (C=O) groups is 4. The van der Waals surface area contributed by atoms with Gasteiger partial charge in [0, 0.05) is 24.5 Å². The van der Waals surface area contributed by atoms with Gasteiger partial charge in [-0.05, 0) is 56.2 Å². The SMILES string of the molecule is CCOC(=O)CNC(=O)N1CCC2(CC1)C(=O)N(CC(=O)Nc1ccc(F)cc1)CN2c1ccccc1. The maximum absolute atomic E-state index is 13.7. The van der Waals surface area contributed by atoms with Gasteiger partial charge in [-0.1, -0.05) is 18.2 Å². The molecule has 0 aliphatic carbocycles. The molecular formula is C26H30FN5O5. The number of halogens is 1. The van der Waals surface area contributed by atoms with E-state index in [2.05, 4.69) is 10.6 Å². The molecule has 2 aromatic carbocycles. The number of rotatable bonds is 7. The summed E-state index contributed by atoms with van der Waals surface area (Å²) in [7, 11) is 0. The summed E-state index contributed by atoms with van der Waals surface area (Å²) in [5.41, 5.74) is 0.377. The van der Waals surface area contributed by atoms with Crippen molar-refractivity contribution in [3.63, 3.8) is 0 Å². The quantitative estimate of drug-likeness (QED) is 0.552. The molecule has 0 saturated carbocycles. The molecule has 2 heterocycles. The molecule has 37 heavy (non-hydrogen) atoms. The van der Waals surface area contributed by atoms with Crippen LogP contribution in [0.5, 0.6) is 0 Å². The number of ether oxygens (including phenoxy) is 1. The summed E-state index contributed by atoms with van der Waals surface area (Å²) in [6, 6.07) is 14.5. The zero-order valence-corrected chi connectivity index (χ0v) is 20.6. The summed E-state index contributed by atoms with van der Waals surface area (Å²) in [5.74, 6) is -1.49. The van der Waals surface area contributed by atoms with Crippen LogP contribution in [0.4, 0.5) is 20.6 Å². The van der Waals surface area contributed by atoms with Gasteiger partial charge in [0.05, 0.1) is 13.3 Å². The summed E-state index contributed by atoms with van der Waals surface area (Å²) in [6.07, 6.45) is 0.729. The molecule has 2 aromatic rings. The van der Waals surface area contributed by atoms with Crippen LogP contribution in [0.3, 0.4) is 0 Å². The predicted molar refractivity (Wildman–Crippen MR) is 134 cm³/mol. The van der Waals surface area contributed by atoms with E-state index in [1.807, 2.05) is 35.2 Å². The second-order valence-electron chi connectivity index (χ2n) is 8.95. The van der Waals surface area contributed by atoms with Crippen LogP contribution in [0.2, 0.25) is 0 Å².